The monoisotopic (exact) mass is 435 g/mol. The average Bonchev–Trinajstić information content (AvgIpc) is 2.73. The number of rotatable bonds is 9. The molecule has 0 radical (unpaired) electrons. The van der Waals surface area contributed by atoms with Gasteiger partial charge in [-0.2, -0.15) is 11.8 Å². The van der Waals surface area contributed by atoms with E-state index < -0.39 is 6.10 Å². The molecule has 3 nitrogen and oxygen atoms in total. The van der Waals surface area contributed by atoms with Crippen molar-refractivity contribution in [3.05, 3.63) is 63.9 Å². The minimum absolute atomic E-state index is 0.116. The number of hydrogen-bond acceptors (Lipinski definition) is 3. The number of hydrogen-bond donors (Lipinski definition) is 1. The highest BCUT2D eigenvalue weighted by atomic mass is 35.5. The summed E-state index contributed by atoms with van der Waals surface area (Å²) in [7, 11) is 0. The summed E-state index contributed by atoms with van der Waals surface area (Å²) in [6.45, 7) is 2.44. The molecule has 29 heavy (non-hydrogen) atoms. The Morgan fingerprint density at radius 2 is 2.03 bits per heavy atom. The second-order valence-electron chi connectivity index (χ2n) is 7.20. The van der Waals surface area contributed by atoms with E-state index in [2.05, 4.69) is 17.4 Å². The predicted molar refractivity (Wildman–Crippen MR) is 118 cm³/mol. The Bertz CT molecular complexity index is 825. The largest absolute Gasteiger partial charge is 0.481 e. The van der Waals surface area contributed by atoms with E-state index in [-0.39, 0.29) is 11.7 Å². The van der Waals surface area contributed by atoms with Crippen molar-refractivity contribution in [3.8, 4) is 5.75 Å². The summed E-state index contributed by atoms with van der Waals surface area (Å²) in [6, 6.07) is 10.9. The van der Waals surface area contributed by atoms with Crippen LogP contribution in [0.5, 0.6) is 5.75 Å². The van der Waals surface area contributed by atoms with Crippen LogP contribution in [0, 0.1) is 5.82 Å². The van der Waals surface area contributed by atoms with Crippen LogP contribution in [0.2, 0.25) is 5.02 Å². The number of amides is 1. The zero-order valence-corrected chi connectivity index (χ0v) is 18.3. The molecule has 156 valence electrons. The molecule has 2 aromatic rings. The van der Waals surface area contributed by atoms with Crippen LogP contribution in [0.15, 0.2) is 36.4 Å². The van der Waals surface area contributed by atoms with Crippen molar-refractivity contribution in [2.75, 3.05) is 12.3 Å². The molecule has 6 heteroatoms. The van der Waals surface area contributed by atoms with Crippen LogP contribution in [-0.2, 0) is 23.4 Å². The molecule has 1 atom stereocenters. The number of ether oxygens (including phenoxy) is 1. The normalized spacial score (nSPS) is 14.2. The molecule has 1 amide bonds. The van der Waals surface area contributed by atoms with Crippen molar-refractivity contribution in [3.63, 3.8) is 0 Å². The van der Waals surface area contributed by atoms with Gasteiger partial charge in [0, 0.05) is 28.6 Å². The maximum atomic E-state index is 13.8. The number of carbonyl (C=O) groups excluding carboxylic acids is 1. The summed E-state index contributed by atoms with van der Waals surface area (Å²) in [6.07, 6.45) is 4.75. The Labute approximate surface area is 181 Å². The number of carbonyl (C=O) groups is 1. The molecule has 2 aromatic carbocycles. The van der Waals surface area contributed by atoms with Crippen LogP contribution in [0.4, 0.5) is 4.39 Å². The Balaban J connectivity index is 1.44. The summed E-state index contributed by atoms with van der Waals surface area (Å²) in [5.74, 6) is 1.50. The van der Waals surface area contributed by atoms with Crippen molar-refractivity contribution in [1.29, 1.82) is 0 Å². The van der Waals surface area contributed by atoms with Gasteiger partial charge in [-0.25, -0.2) is 4.39 Å². The lowest BCUT2D eigenvalue weighted by atomic mass is 9.92. The van der Waals surface area contributed by atoms with Gasteiger partial charge in [0.2, 0.25) is 0 Å². The fourth-order valence-corrected chi connectivity index (χ4v) is 4.67. The van der Waals surface area contributed by atoms with Crippen LogP contribution < -0.4 is 10.1 Å². The van der Waals surface area contributed by atoms with E-state index in [1.54, 1.807) is 12.1 Å². The van der Waals surface area contributed by atoms with E-state index in [0.717, 1.165) is 18.6 Å². The van der Waals surface area contributed by atoms with E-state index >= 15 is 0 Å². The summed E-state index contributed by atoms with van der Waals surface area (Å²) >= 11 is 7.57. The molecule has 1 aliphatic rings. The van der Waals surface area contributed by atoms with Crippen LogP contribution in [0.25, 0.3) is 0 Å². The molecule has 1 aliphatic carbocycles. The quantitative estimate of drug-likeness (QED) is 0.523. The topological polar surface area (TPSA) is 38.3 Å². The molecular formula is C23H27ClFNO2S. The highest BCUT2D eigenvalue weighted by molar-refractivity contribution is 7.98. The smallest absolute Gasteiger partial charge is 0.261 e. The first kappa shape index (κ1) is 22.0. The molecular weight excluding hydrogens is 409 g/mol. The van der Waals surface area contributed by atoms with Crippen LogP contribution in [-0.4, -0.2) is 24.3 Å². The number of fused-ring (bicyclic) bond motifs is 1. The first-order chi connectivity index (χ1) is 14.1. The SMILES string of the molecule is CC[C@H](Oc1ccc2c(c1)CCCC2)C(=O)NCCSCc1c(F)cccc1Cl. The molecule has 0 fully saturated rings. The average molecular weight is 436 g/mol. The Morgan fingerprint density at radius 1 is 1.24 bits per heavy atom. The molecule has 0 aromatic heterocycles. The maximum Gasteiger partial charge on any atom is 0.261 e. The summed E-state index contributed by atoms with van der Waals surface area (Å²) in [5, 5.41) is 3.36. The van der Waals surface area contributed by atoms with Gasteiger partial charge in [-0.05, 0) is 67.5 Å². The third-order valence-corrected chi connectivity index (χ3v) is 6.45. The van der Waals surface area contributed by atoms with Gasteiger partial charge in [0.1, 0.15) is 11.6 Å². The number of aryl methyl sites for hydroxylation is 2. The highest BCUT2D eigenvalue weighted by Gasteiger charge is 2.19. The predicted octanol–water partition coefficient (Wildman–Crippen LogP) is 5.56. The summed E-state index contributed by atoms with van der Waals surface area (Å²) in [4.78, 5) is 12.5. The lowest BCUT2D eigenvalue weighted by Crippen LogP contribution is -2.39. The van der Waals surface area contributed by atoms with E-state index in [9.17, 15) is 9.18 Å². The number of halogens is 2. The Kier molecular flexibility index (Phi) is 8.25. The summed E-state index contributed by atoms with van der Waals surface area (Å²) in [5.41, 5.74) is 3.24. The van der Waals surface area contributed by atoms with Crippen molar-refractivity contribution in [1.82, 2.24) is 5.32 Å². The van der Waals surface area contributed by atoms with E-state index in [1.165, 1.54) is 41.8 Å². The molecule has 3 rings (SSSR count). The lowest BCUT2D eigenvalue weighted by molar-refractivity contribution is -0.127. The first-order valence-electron chi connectivity index (χ1n) is 10.1. The van der Waals surface area contributed by atoms with Crippen molar-refractivity contribution in [2.24, 2.45) is 0 Å². The Hall–Kier alpha value is -1.72. The molecule has 0 saturated carbocycles. The number of thioether (sulfide) groups is 1. The molecule has 0 heterocycles. The zero-order valence-electron chi connectivity index (χ0n) is 16.7. The number of benzene rings is 2. The molecule has 0 aliphatic heterocycles. The van der Waals surface area contributed by atoms with Gasteiger partial charge in [0.15, 0.2) is 6.10 Å². The third kappa shape index (κ3) is 6.13. The van der Waals surface area contributed by atoms with Crippen molar-refractivity contribution < 1.29 is 13.9 Å². The molecule has 0 saturated heterocycles. The molecule has 0 unspecified atom stereocenters. The highest BCUT2D eigenvalue weighted by Crippen LogP contribution is 2.26. The standard InChI is InChI=1S/C23H27ClFNO2S/c1-2-22(28-18-11-10-16-6-3-4-7-17(16)14-18)23(27)26-12-13-29-15-19-20(24)8-5-9-21(19)25/h5,8-11,14,22H,2-4,6-7,12-13,15H2,1H3,(H,26,27)/t22-/m0/s1. The van der Waals surface area contributed by atoms with Gasteiger partial charge in [0.05, 0.1) is 0 Å². The van der Waals surface area contributed by atoms with Gasteiger partial charge in [-0.1, -0.05) is 30.7 Å². The maximum absolute atomic E-state index is 13.8. The van der Waals surface area contributed by atoms with Gasteiger partial charge in [-0.3, -0.25) is 4.79 Å². The molecule has 0 bridgehead atoms. The molecule has 1 N–H and O–H groups in total. The van der Waals surface area contributed by atoms with Gasteiger partial charge in [-0.15, -0.1) is 0 Å². The summed E-state index contributed by atoms with van der Waals surface area (Å²) < 4.78 is 19.7. The first-order valence-corrected chi connectivity index (χ1v) is 11.7. The second kappa shape index (κ2) is 10.9. The Morgan fingerprint density at radius 3 is 2.79 bits per heavy atom. The fourth-order valence-electron chi connectivity index (χ4n) is 3.47. The lowest BCUT2D eigenvalue weighted by Gasteiger charge is -2.20. The second-order valence-corrected chi connectivity index (χ2v) is 8.71. The third-order valence-electron chi connectivity index (χ3n) is 5.12. The minimum Gasteiger partial charge on any atom is -0.481 e. The van der Waals surface area contributed by atoms with Gasteiger partial charge < -0.3 is 10.1 Å². The number of nitrogens with one attached hydrogen (secondary N) is 1. The molecule has 0 spiro atoms. The van der Waals surface area contributed by atoms with Crippen molar-refractivity contribution in [2.45, 2.75) is 50.9 Å². The minimum atomic E-state index is -0.511. The zero-order chi connectivity index (χ0) is 20.6. The van der Waals surface area contributed by atoms with E-state index in [1.807, 2.05) is 13.0 Å². The van der Waals surface area contributed by atoms with Crippen LogP contribution >= 0.6 is 23.4 Å². The van der Waals surface area contributed by atoms with Crippen LogP contribution in [0.1, 0.15) is 42.9 Å². The van der Waals surface area contributed by atoms with E-state index in [0.29, 0.717) is 35.1 Å². The van der Waals surface area contributed by atoms with Crippen LogP contribution in [0.3, 0.4) is 0 Å². The van der Waals surface area contributed by atoms with Crippen molar-refractivity contribution >= 4 is 29.3 Å². The van der Waals surface area contributed by atoms with E-state index in [4.69, 9.17) is 16.3 Å². The van der Waals surface area contributed by atoms with Gasteiger partial charge >= 0.3 is 0 Å². The fraction of sp³-hybridized carbons (Fsp3) is 0.435. The van der Waals surface area contributed by atoms with Gasteiger partial charge in [0.25, 0.3) is 5.91 Å².